The monoisotopic (exact) mass is 184 g/mol. The van der Waals surface area contributed by atoms with Crippen LogP contribution in [-0.2, 0) is 0 Å². The molecule has 0 bridgehead atoms. The van der Waals surface area contributed by atoms with Crippen molar-refractivity contribution < 1.29 is 5.11 Å². The Labute approximate surface area is 82.5 Å². The van der Waals surface area contributed by atoms with Gasteiger partial charge < -0.3 is 5.11 Å². The highest BCUT2D eigenvalue weighted by atomic mass is 16.3. The van der Waals surface area contributed by atoms with Crippen LogP contribution >= 0.6 is 0 Å². The molecule has 13 heavy (non-hydrogen) atoms. The lowest BCUT2D eigenvalue weighted by atomic mass is 10.1. The van der Waals surface area contributed by atoms with Crippen molar-refractivity contribution in [3.05, 3.63) is 0 Å². The third-order valence-electron chi connectivity index (χ3n) is 3.29. The molecule has 0 amide bonds. The van der Waals surface area contributed by atoms with Gasteiger partial charge in [0.05, 0.1) is 5.60 Å². The van der Waals surface area contributed by atoms with Crippen molar-refractivity contribution in [2.24, 2.45) is 5.92 Å². The molecular weight excluding hydrogens is 160 g/mol. The van der Waals surface area contributed by atoms with Crippen molar-refractivity contribution in [2.45, 2.75) is 70.8 Å². The van der Waals surface area contributed by atoms with Crippen LogP contribution in [0.1, 0.15) is 65.2 Å². The Hall–Kier alpha value is -0.0400. The highest BCUT2D eigenvalue weighted by Gasteiger charge is 2.47. The van der Waals surface area contributed by atoms with E-state index in [2.05, 4.69) is 6.92 Å². The van der Waals surface area contributed by atoms with Crippen molar-refractivity contribution in [2.75, 3.05) is 0 Å². The van der Waals surface area contributed by atoms with Crippen LogP contribution in [0.4, 0.5) is 0 Å². The van der Waals surface area contributed by atoms with E-state index in [0.29, 0.717) is 5.92 Å². The van der Waals surface area contributed by atoms with Gasteiger partial charge in [0.15, 0.2) is 0 Å². The van der Waals surface area contributed by atoms with E-state index in [1.807, 2.05) is 6.92 Å². The maximum atomic E-state index is 9.53. The van der Waals surface area contributed by atoms with E-state index in [1.165, 1.54) is 44.9 Å². The van der Waals surface area contributed by atoms with E-state index >= 15 is 0 Å². The van der Waals surface area contributed by atoms with Gasteiger partial charge in [-0.15, -0.1) is 0 Å². The Morgan fingerprint density at radius 3 is 2.23 bits per heavy atom. The fourth-order valence-electron chi connectivity index (χ4n) is 2.02. The van der Waals surface area contributed by atoms with Crippen LogP contribution in [0, 0.1) is 5.92 Å². The molecule has 1 saturated carbocycles. The van der Waals surface area contributed by atoms with E-state index < -0.39 is 0 Å². The minimum atomic E-state index is -0.288. The van der Waals surface area contributed by atoms with Crippen molar-refractivity contribution in [1.82, 2.24) is 0 Å². The van der Waals surface area contributed by atoms with E-state index in [1.54, 1.807) is 0 Å². The third-order valence-corrected chi connectivity index (χ3v) is 3.29. The van der Waals surface area contributed by atoms with Crippen molar-refractivity contribution in [3.63, 3.8) is 0 Å². The highest BCUT2D eigenvalue weighted by Crippen LogP contribution is 2.46. The first-order valence-corrected chi connectivity index (χ1v) is 5.89. The molecule has 1 fully saturated rings. The van der Waals surface area contributed by atoms with Crippen molar-refractivity contribution in [1.29, 1.82) is 0 Å². The molecule has 0 radical (unpaired) electrons. The number of unbranched alkanes of at least 4 members (excludes halogenated alkanes) is 5. The Kier molecular flexibility index (Phi) is 4.24. The average Bonchev–Trinajstić information content (AvgIpc) is 2.67. The lowest BCUT2D eigenvalue weighted by Crippen LogP contribution is -2.02. The van der Waals surface area contributed by atoms with Crippen LogP contribution in [0.3, 0.4) is 0 Å². The smallest absolute Gasteiger partial charge is 0.0652 e. The molecule has 1 aliphatic rings. The first-order valence-electron chi connectivity index (χ1n) is 5.89. The van der Waals surface area contributed by atoms with Crippen molar-refractivity contribution in [3.8, 4) is 0 Å². The van der Waals surface area contributed by atoms with E-state index in [0.717, 1.165) is 6.42 Å². The van der Waals surface area contributed by atoms with E-state index in [4.69, 9.17) is 0 Å². The lowest BCUT2D eigenvalue weighted by molar-refractivity contribution is 0.149. The van der Waals surface area contributed by atoms with Gasteiger partial charge in [-0.3, -0.25) is 0 Å². The normalized spacial score (nSPS) is 32.1. The second-order valence-corrected chi connectivity index (χ2v) is 4.81. The summed E-state index contributed by atoms with van der Waals surface area (Å²) in [6.45, 7) is 4.22. The molecule has 1 rings (SSSR count). The maximum Gasteiger partial charge on any atom is 0.0652 e. The molecule has 0 aliphatic heterocycles. The summed E-state index contributed by atoms with van der Waals surface area (Å²) in [7, 11) is 0. The van der Waals surface area contributed by atoms with E-state index in [-0.39, 0.29) is 5.60 Å². The quantitative estimate of drug-likeness (QED) is 0.600. The van der Waals surface area contributed by atoms with Crippen LogP contribution in [-0.4, -0.2) is 10.7 Å². The summed E-state index contributed by atoms with van der Waals surface area (Å²) >= 11 is 0. The SMILES string of the molecule is CCCCCCCC[C@@H]1C[C@]1(C)O. The zero-order chi connectivity index (χ0) is 9.73. The summed E-state index contributed by atoms with van der Waals surface area (Å²) in [5.41, 5.74) is -0.288. The minimum Gasteiger partial charge on any atom is -0.390 e. The molecule has 0 aromatic rings. The van der Waals surface area contributed by atoms with Crippen LogP contribution < -0.4 is 0 Å². The van der Waals surface area contributed by atoms with Gasteiger partial charge in [0.1, 0.15) is 0 Å². The number of hydrogen-bond acceptors (Lipinski definition) is 1. The second kappa shape index (κ2) is 4.99. The summed E-state index contributed by atoms with van der Waals surface area (Å²) in [5.74, 6) is 0.624. The zero-order valence-corrected chi connectivity index (χ0v) is 9.18. The molecule has 0 saturated heterocycles. The Morgan fingerprint density at radius 2 is 1.69 bits per heavy atom. The molecule has 0 aromatic carbocycles. The predicted octanol–water partition coefficient (Wildman–Crippen LogP) is 3.51. The molecule has 1 nitrogen and oxygen atoms in total. The topological polar surface area (TPSA) is 20.2 Å². The second-order valence-electron chi connectivity index (χ2n) is 4.81. The maximum absolute atomic E-state index is 9.53. The first-order chi connectivity index (χ1) is 6.17. The highest BCUT2D eigenvalue weighted by molar-refractivity contribution is 4.98. The standard InChI is InChI=1S/C12H24O/c1-3-4-5-6-7-8-9-11-10-12(11,2)13/h11,13H,3-10H2,1-2H3/t11-,12+/m1/s1. The number of aliphatic hydroxyl groups is 1. The van der Waals surface area contributed by atoms with Gasteiger partial charge in [0.2, 0.25) is 0 Å². The number of hydrogen-bond donors (Lipinski definition) is 1. The summed E-state index contributed by atoms with van der Waals surface area (Å²) in [6.07, 6.45) is 10.5. The van der Waals surface area contributed by atoms with Crippen LogP contribution in [0.25, 0.3) is 0 Å². The summed E-state index contributed by atoms with van der Waals surface area (Å²) < 4.78 is 0. The molecule has 2 atom stereocenters. The van der Waals surface area contributed by atoms with Gasteiger partial charge in [-0.1, -0.05) is 45.4 Å². The van der Waals surface area contributed by atoms with Gasteiger partial charge in [0, 0.05) is 0 Å². The van der Waals surface area contributed by atoms with Gasteiger partial charge in [0.25, 0.3) is 0 Å². The number of rotatable bonds is 7. The Bertz CT molecular complexity index is 140. The third kappa shape index (κ3) is 4.12. The predicted molar refractivity (Wildman–Crippen MR) is 56.7 cm³/mol. The van der Waals surface area contributed by atoms with E-state index in [9.17, 15) is 5.11 Å². The Balaban J connectivity index is 1.80. The summed E-state index contributed by atoms with van der Waals surface area (Å²) in [4.78, 5) is 0. The molecular formula is C12H24O. The van der Waals surface area contributed by atoms with Gasteiger partial charge >= 0.3 is 0 Å². The van der Waals surface area contributed by atoms with Gasteiger partial charge in [-0.25, -0.2) is 0 Å². The molecule has 1 N–H and O–H groups in total. The zero-order valence-electron chi connectivity index (χ0n) is 9.18. The average molecular weight is 184 g/mol. The largest absolute Gasteiger partial charge is 0.390 e. The fourth-order valence-corrected chi connectivity index (χ4v) is 2.02. The molecule has 0 unspecified atom stereocenters. The van der Waals surface area contributed by atoms with Crippen LogP contribution in [0.2, 0.25) is 0 Å². The first kappa shape index (κ1) is 11.0. The minimum absolute atomic E-state index is 0.288. The molecule has 78 valence electrons. The molecule has 1 aliphatic carbocycles. The van der Waals surface area contributed by atoms with Crippen LogP contribution in [0.15, 0.2) is 0 Å². The molecule has 0 heterocycles. The fraction of sp³-hybridized carbons (Fsp3) is 1.00. The van der Waals surface area contributed by atoms with Gasteiger partial charge in [-0.2, -0.15) is 0 Å². The Morgan fingerprint density at radius 1 is 1.15 bits per heavy atom. The van der Waals surface area contributed by atoms with Crippen molar-refractivity contribution >= 4 is 0 Å². The van der Waals surface area contributed by atoms with Crippen LogP contribution in [0.5, 0.6) is 0 Å². The van der Waals surface area contributed by atoms with Gasteiger partial charge in [-0.05, 0) is 25.7 Å². The molecule has 0 aromatic heterocycles. The molecule has 0 spiro atoms. The lowest BCUT2D eigenvalue weighted by Gasteiger charge is -2.02. The molecule has 1 heteroatoms. The summed E-state index contributed by atoms with van der Waals surface area (Å²) in [6, 6.07) is 0. The summed E-state index contributed by atoms with van der Waals surface area (Å²) in [5, 5.41) is 9.53.